The summed E-state index contributed by atoms with van der Waals surface area (Å²) in [6.07, 6.45) is 1.21. The first kappa shape index (κ1) is 12.9. The van der Waals surface area contributed by atoms with Crippen LogP contribution in [0.1, 0.15) is 0 Å². The molecule has 1 aliphatic heterocycles. The highest BCUT2D eigenvalue weighted by Crippen LogP contribution is 2.28. The van der Waals surface area contributed by atoms with Gasteiger partial charge < -0.3 is 15.0 Å². The Bertz CT molecular complexity index is 456. The number of halogens is 1. The molecule has 0 radical (unpaired) electrons. The molecule has 1 amide bonds. The molecule has 5 heteroatoms. The van der Waals surface area contributed by atoms with Crippen LogP contribution in [0.4, 0.5) is 11.4 Å². The van der Waals surface area contributed by atoms with E-state index < -0.39 is 0 Å². The van der Waals surface area contributed by atoms with Crippen LogP contribution in [0, 0.1) is 0 Å². The smallest absolute Gasteiger partial charge is 0.247 e. The minimum Gasteiger partial charge on any atom is -0.378 e. The van der Waals surface area contributed by atoms with Crippen LogP contribution in [-0.4, -0.2) is 32.2 Å². The van der Waals surface area contributed by atoms with Crippen molar-refractivity contribution in [1.29, 1.82) is 0 Å². The summed E-state index contributed by atoms with van der Waals surface area (Å²) in [4.78, 5) is 13.4. The zero-order valence-corrected chi connectivity index (χ0v) is 10.7. The maximum Gasteiger partial charge on any atom is 0.247 e. The number of hydrogen-bond acceptors (Lipinski definition) is 3. The van der Waals surface area contributed by atoms with E-state index in [0.717, 1.165) is 32.0 Å². The summed E-state index contributed by atoms with van der Waals surface area (Å²) >= 11 is 6.14. The normalized spacial score (nSPS) is 15.3. The Balaban J connectivity index is 2.13. The molecular formula is C13H15ClN2O2. The maximum atomic E-state index is 11.2. The van der Waals surface area contributed by atoms with E-state index in [-0.39, 0.29) is 5.91 Å². The van der Waals surface area contributed by atoms with Gasteiger partial charge in [-0.1, -0.05) is 18.2 Å². The molecule has 1 saturated heterocycles. The molecule has 2 rings (SSSR count). The molecule has 4 nitrogen and oxygen atoms in total. The Hall–Kier alpha value is -1.52. The van der Waals surface area contributed by atoms with Crippen LogP contribution < -0.4 is 10.2 Å². The Kier molecular flexibility index (Phi) is 4.23. The van der Waals surface area contributed by atoms with Gasteiger partial charge in [0, 0.05) is 18.8 Å². The third kappa shape index (κ3) is 3.03. The molecule has 0 aliphatic carbocycles. The highest BCUT2D eigenvalue weighted by Gasteiger charge is 2.12. The number of hydrogen-bond donors (Lipinski definition) is 1. The number of anilines is 2. The van der Waals surface area contributed by atoms with Crippen LogP contribution in [0.15, 0.2) is 30.9 Å². The lowest BCUT2D eigenvalue weighted by Gasteiger charge is -2.29. The molecular weight excluding hydrogens is 252 g/mol. The van der Waals surface area contributed by atoms with Crippen LogP contribution in [0.3, 0.4) is 0 Å². The van der Waals surface area contributed by atoms with Crippen LogP contribution in [0.25, 0.3) is 0 Å². The summed E-state index contributed by atoms with van der Waals surface area (Å²) in [6.45, 7) is 6.57. The van der Waals surface area contributed by atoms with Gasteiger partial charge in [-0.2, -0.15) is 0 Å². The predicted octanol–water partition coefficient (Wildman–Crippen LogP) is 2.30. The Morgan fingerprint density at radius 1 is 1.44 bits per heavy atom. The molecule has 1 aromatic rings. The van der Waals surface area contributed by atoms with Crippen molar-refractivity contribution in [3.63, 3.8) is 0 Å². The van der Waals surface area contributed by atoms with Crippen LogP contribution in [0.2, 0.25) is 5.02 Å². The number of carbonyl (C=O) groups excluding carboxylic acids is 1. The molecule has 1 heterocycles. The van der Waals surface area contributed by atoms with Crippen molar-refractivity contribution in [1.82, 2.24) is 0 Å². The topological polar surface area (TPSA) is 41.6 Å². The SMILES string of the molecule is C=CC(=O)Nc1ccc(N2CCOCC2)cc1Cl. The third-order valence-electron chi connectivity index (χ3n) is 2.77. The second-order valence-corrected chi connectivity index (χ2v) is 4.36. The van der Waals surface area contributed by atoms with Crippen molar-refractivity contribution >= 4 is 28.9 Å². The maximum absolute atomic E-state index is 11.2. The van der Waals surface area contributed by atoms with Gasteiger partial charge in [0.15, 0.2) is 0 Å². The van der Waals surface area contributed by atoms with Crippen molar-refractivity contribution < 1.29 is 9.53 Å². The first-order valence-corrected chi connectivity index (χ1v) is 6.14. The van der Waals surface area contributed by atoms with Gasteiger partial charge >= 0.3 is 0 Å². The number of carbonyl (C=O) groups is 1. The third-order valence-corrected chi connectivity index (χ3v) is 3.08. The van der Waals surface area contributed by atoms with Gasteiger partial charge in [-0.15, -0.1) is 0 Å². The van der Waals surface area contributed by atoms with Gasteiger partial charge in [-0.25, -0.2) is 0 Å². The fourth-order valence-electron chi connectivity index (χ4n) is 1.81. The summed E-state index contributed by atoms with van der Waals surface area (Å²) < 4.78 is 5.30. The number of nitrogens with zero attached hydrogens (tertiary/aromatic N) is 1. The number of nitrogens with one attached hydrogen (secondary N) is 1. The van der Waals surface area contributed by atoms with Gasteiger partial charge in [0.05, 0.1) is 23.9 Å². The van der Waals surface area contributed by atoms with E-state index >= 15 is 0 Å². The summed E-state index contributed by atoms with van der Waals surface area (Å²) in [7, 11) is 0. The van der Waals surface area contributed by atoms with Gasteiger partial charge in [-0.05, 0) is 24.3 Å². The molecule has 0 bridgehead atoms. The highest BCUT2D eigenvalue weighted by atomic mass is 35.5. The average molecular weight is 267 g/mol. The molecule has 0 unspecified atom stereocenters. The van der Waals surface area contributed by atoms with Gasteiger partial charge in [0.2, 0.25) is 5.91 Å². The predicted molar refractivity (Wildman–Crippen MR) is 73.3 cm³/mol. The van der Waals surface area contributed by atoms with Crippen LogP contribution in [0.5, 0.6) is 0 Å². The van der Waals surface area contributed by atoms with Crippen molar-refractivity contribution in [3.8, 4) is 0 Å². The quantitative estimate of drug-likeness (QED) is 0.854. The van der Waals surface area contributed by atoms with E-state index in [4.69, 9.17) is 16.3 Å². The molecule has 96 valence electrons. The minimum absolute atomic E-state index is 0.268. The Morgan fingerprint density at radius 2 is 2.17 bits per heavy atom. The van der Waals surface area contributed by atoms with E-state index in [0.29, 0.717) is 10.7 Å². The van der Waals surface area contributed by atoms with E-state index in [2.05, 4.69) is 16.8 Å². The summed E-state index contributed by atoms with van der Waals surface area (Å²) in [5.41, 5.74) is 1.64. The Morgan fingerprint density at radius 3 is 2.78 bits per heavy atom. The first-order valence-electron chi connectivity index (χ1n) is 5.76. The highest BCUT2D eigenvalue weighted by molar-refractivity contribution is 6.34. The summed E-state index contributed by atoms with van der Waals surface area (Å²) in [5, 5.41) is 3.18. The Labute approximate surface area is 111 Å². The van der Waals surface area contributed by atoms with Crippen LogP contribution in [-0.2, 0) is 9.53 Å². The van der Waals surface area contributed by atoms with Gasteiger partial charge in [0.25, 0.3) is 0 Å². The fourth-order valence-corrected chi connectivity index (χ4v) is 2.03. The monoisotopic (exact) mass is 266 g/mol. The molecule has 1 aliphatic rings. The molecule has 0 spiro atoms. The molecule has 1 aromatic carbocycles. The second kappa shape index (κ2) is 5.89. The van der Waals surface area contributed by atoms with E-state index in [1.165, 1.54) is 6.08 Å². The van der Waals surface area contributed by atoms with Gasteiger partial charge in [0.1, 0.15) is 0 Å². The summed E-state index contributed by atoms with van der Waals surface area (Å²) in [5.74, 6) is -0.268. The number of rotatable bonds is 3. The molecule has 1 fully saturated rings. The standard InChI is InChI=1S/C13H15ClN2O2/c1-2-13(17)15-12-4-3-10(9-11(12)14)16-5-7-18-8-6-16/h2-4,9H,1,5-8H2,(H,15,17). The molecule has 0 aromatic heterocycles. The first-order chi connectivity index (χ1) is 8.70. The molecule has 0 saturated carbocycles. The average Bonchev–Trinajstić information content (AvgIpc) is 2.42. The number of benzene rings is 1. The fraction of sp³-hybridized carbons (Fsp3) is 0.308. The molecule has 18 heavy (non-hydrogen) atoms. The zero-order chi connectivity index (χ0) is 13.0. The van der Waals surface area contributed by atoms with Crippen molar-refractivity contribution in [2.75, 3.05) is 36.5 Å². The second-order valence-electron chi connectivity index (χ2n) is 3.96. The number of amides is 1. The molecule has 1 N–H and O–H groups in total. The lowest BCUT2D eigenvalue weighted by molar-refractivity contribution is -0.111. The number of morpholine rings is 1. The van der Waals surface area contributed by atoms with E-state index in [9.17, 15) is 4.79 Å². The van der Waals surface area contributed by atoms with E-state index in [1.54, 1.807) is 6.07 Å². The minimum atomic E-state index is -0.268. The lowest BCUT2D eigenvalue weighted by atomic mass is 10.2. The van der Waals surface area contributed by atoms with Crippen molar-refractivity contribution in [2.45, 2.75) is 0 Å². The zero-order valence-electron chi connectivity index (χ0n) is 9.99. The number of ether oxygens (including phenoxy) is 1. The lowest BCUT2D eigenvalue weighted by Crippen LogP contribution is -2.36. The summed E-state index contributed by atoms with van der Waals surface area (Å²) in [6, 6.07) is 5.59. The molecule has 0 atom stereocenters. The van der Waals surface area contributed by atoms with E-state index in [1.807, 2.05) is 12.1 Å². The van der Waals surface area contributed by atoms with Crippen molar-refractivity contribution in [2.24, 2.45) is 0 Å². The largest absolute Gasteiger partial charge is 0.378 e. The van der Waals surface area contributed by atoms with Crippen molar-refractivity contribution in [3.05, 3.63) is 35.9 Å². The van der Waals surface area contributed by atoms with Gasteiger partial charge in [-0.3, -0.25) is 4.79 Å². The van der Waals surface area contributed by atoms with Crippen LogP contribution >= 0.6 is 11.6 Å².